The summed E-state index contributed by atoms with van der Waals surface area (Å²) >= 11 is 0. The van der Waals surface area contributed by atoms with Crippen LogP contribution in [0.1, 0.15) is 25.3 Å². The fourth-order valence-corrected chi connectivity index (χ4v) is 2.64. The number of esters is 2. The molecule has 0 spiro atoms. The molecule has 1 saturated heterocycles. The highest BCUT2D eigenvalue weighted by Crippen LogP contribution is 2.37. The number of ether oxygens (including phenoxy) is 4. The Hall–Kier alpha value is -1.96. The van der Waals surface area contributed by atoms with Crippen LogP contribution in [-0.2, 0) is 28.5 Å². The van der Waals surface area contributed by atoms with Crippen molar-refractivity contribution in [2.45, 2.75) is 31.7 Å². The molecular formula is C17H22O7. The van der Waals surface area contributed by atoms with Crippen molar-refractivity contribution in [2.75, 3.05) is 26.4 Å². The number of carbonyl (C=O) groups excluding carboxylic acids is 2. The van der Waals surface area contributed by atoms with Crippen LogP contribution in [0.2, 0.25) is 0 Å². The topological polar surface area (TPSA) is 91.3 Å². The molecule has 0 aliphatic carbocycles. The van der Waals surface area contributed by atoms with Gasteiger partial charge in [0, 0.05) is 0 Å². The van der Waals surface area contributed by atoms with Crippen molar-refractivity contribution < 1.29 is 33.6 Å². The molecule has 1 atom stereocenters. The summed E-state index contributed by atoms with van der Waals surface area (Å²) in [6, 6.07) is 8.60. The molecule has 0 amide bonds. The minimum atomic E-state index is -2.57. The molecule has 0 aromatic heterocycles. The Morgan fingerprint density at radius 1 is 1.12 bits per heavy atom. The average molecular weight is 338 g/mol. The van der Waals surface area contributed by atoms with Crippen molar-refractivity contribution in [2.24, 2.45) is 0 Å². The van der Waals surface area contributed by atoms with Gasteiger partial charge in [0.2, 0.25) is 0 Å². The minimum Gasteiger partial charge on any atom is -0.463 e. The number of aliphatic hydroxyl groups is 1. The summed E-state index contributed by atoms with van der Waals surface area (Å²) in [5, 5.41) is 11.1. The van der Waals surface area contributed by atoms with E-state index in [1.807, 2.05) is 0 Å². The maximum absolute atomic E-state index is 12.5. The first-order valence-electron chi connectivity index (χ1n) is 7.90. The zero-order valence-electron chi connectivity index (χ0n) is 13.8. The summed E-state index contributed by atoms with van der Waals surface area (Å²) in [6.07, 6.45) is -0.966. The van der Waals surface area contributed by atoms with Gasteiger partial charge < -0.3 is 24.1 Å². The summed E-state index contributed by atoms with van der Waals surface area (Å²) in [7, 11) is 0. The smallest absolute Gasteiger partial charge is 0.350 e. The van der Waals surface area contributed by atoms with Crippen molar-refractivity contribution in [3.63, 3.8) is 0 Å². The van der Waals surface area contributed by atoms with Crippen LogP contribution in [0.3, 0.4) is 0 Å². The van der Waals surface area contributed by atoms with Crippen molar-refractivity contribution in [3.8, 4) is 0 Å². The predicted molar refractivity (Wildman–Crippen MR) is 83.1 cm³/mol. The van der Waals surface area contributed by atoms with Gasteiger partial charge in [0.05, 0.1) is 32.3 Å². The van der Waals surface area contributed by atoms with Gasteiger partial charge in [0.15, 0.2) is 6.29 Å². The molecule has 0 saturated carbocycles. The van der Waals surface area contributed by atoms with E-state index >= 15 is 0 Å². The van der Waals surface area contributed by atoms with Gasteiger partial charge in [-0.15, -0.1) is 0 Å². The molecule has 1 N–H and O–H groups in total. The average Bonchev–Trinajstić information content (AvgIpc) is 3.10. The zero-order valence-corrected chi connectivity index (χ0v) is 13.8. The van der Waals surface area contributed by atoms with Gasteiger partial charge in [-0.25, -0.2) is 9.59 Å². The lowest BCUT2D eigenvalue weighted by atomic mass is 9.81. The molecule has 1 aliphatic rings. The van der Waals surface area contributed by atoms with Crippen molar-refractivity contribution in [1.29, 1.82) is 0 Å². The normalized spacial score (nSPS) is 16.6. The molecule has 1 aromatic rings. The number of benzene rings is 1. The number of rotatable bonds is 7. The van der Waals surface area contributed by atoms with Crippen LogP contribution < -0.4 is 0 Å². The quantitative estimate of drug-likeness (QED) is 0.586. The Kier molecular flexibility index (Phi) is 6.30. The summed E-state index contributed by atoms with van der Waals surface area (Å²) in [5.74, 6) is -3.29. The summed E-state index contributed by atoms with van der Waals surface area (Å²) < 4.78 is 20.8. The standard InChI is InChI=1S/C17H22O7/c1-3-21-15(18)17(20,16(19)22-4-2)13(14-23-10-11-24-14)12-8-6-5-7-9-12/h5-9,13-14,20H,3-4,10-11H2,1-2H3/t13-/m1/s1. The highest BCUT2D eigenvalue weighted by Gasteiger charge is 2.58. The highest BCUT2D eigenvalue weighted by molar-refractivity contribution is 6.04. The molecule has 1 fully saturated rings. The third-order valence-corrected chi connectivity index (χ3v) is 3.70. The van der Waals surface area contributed by atoms with Crippen LogP contribution in [-0.4, -0.2) is 55.4 Å². The van der Waals surface area contributed by atoms with Gasteiger partial charge >= 0.3 is 11.9 Å². The van der Waals surface area contributed by atoms with Crippen molar-refractivity contribution in [1.82, 2.24) is 0 Å². The molecule has 1 heterocycles. The third-order valence-electron chi connectivity index (χ3n) is 3.70. The van der Waals surface area contributed by atoms with E-state index < -0.39 is 29.7 Å². The Labute approximate surface area is 140 Å². The first-order valence-corrected chi connectivity index (χ1v) is 7.90. The largest absolute Gasteiger partial charge is 0.463 e. The lowest BCUT2D eigenvalue weighted by molar-refractivity contribution is -0.198. The van der Waals surface area contributed by atoms with Crippen LogP contribution in [0.4, 0.5) is 0 Å². The number of carbonyl (C=O) groups is 2. The van der Waals surface area contributed by atoms with Crippen molar-refractivity contribution >= 4 is 11.9 Å². The lowest BCUT2D eigenvalue weighted by Crippen LogP contribution is -2.56. The molecule has 7 heteroatoms. The second kappa shape index (κ2) is 8.23. The molecule has 24 heavy (non-hydrogen) atoms. The van der Waals surface area contributed by atoms with Gasteiger partial charge in [-0.2, -0.15) is 0 Å². The Morgan fingerprint density at radius 3 is 2.08 bits per heavy atom. The molecule has 132 valence electrons. The fraction of sp³-hybridized carbons (Fsp3) is 0.529. The van der Waals surface area contributed by atoms with Crippen LogP contribution in [0.15, 0.2) is 30.3 Å². The summed E-state index contributed by atoms with van der Waals surface area (Å²) in [5.41, 5.74) is -2.06. The maximum Gasteiger partial charge on any atom is 0.350 e. The van der Waals surface area contributed by atoms with Crippen LogP contribution >= 0.6 is 0 Å². The Morgan fingerprint density at radius 2 is 1.62 bits per heavy atom. The van der Waals surface area contributed by atoms with E-state index in [0.29, 0.717) is 18.8 Å². The molecule has 1 aliphatic heterocycles. The van der Waals surface area contributed by atoms with E-state index in [1.54, 1.807) is 44.2 Å². The first-order chi connectivity index (χ1) is 11.6. The van der Waals surface area contributed by atoms with Crippen molar-refractivity contribution in [3.05, 3.63) is 35.9 Å². The molecule has 0 bridgehead atoms. The minimum absolute atomic E-state index is 0.00837. The van der Waals surface area contributed by atoms with E-state index in [-0.39, 0.29) is 13.2 Å². The lowest BCUT2D eigenvalue weighted by Gasteiger charge is -2.34. The van der Waals surface area contributed by atoms with Gasteiger partial charge in [0.25, 0.3) is 5.60 Å². The van der Waals surface area contributed by atoms with Gasteiger partial charge in [-0.05, 0) is 19.4 Å². The van der Waals surface area contributed by atoms with Crippen LogP contribution in [0.25, 0.3) is 0 Å². The molecule has 7 nitrogen and oxygen atoms in total. The monoisotopic (exact) mass is 338 g/mol. The highest BCUT2D eigenvalue weighted by atomic mass is 16.7. The van der Waals surface area contributed by atoms with Crippen LogP contribution in [0, 0.1) is 0 Å². The van der Waals surface area contributed by atoms with E-state index in [9.17, 15) is 14.7 Å². The van der Waals surface area contributed by atoms with E-state index in [0.717, 1.165) is 0 Å². The summed E-state index contributed by atoms with van der Waals surface area (Å²) in [6.45, 7) is 3.79. The molecule has 1 aromatic carbocycles. The number of hydrogen-bond donors (Lipinski definition) is 1. The predicted octanol–water partition coefficient (Wildman–Crippen LogP) is 1.00. The molecular weight excluding hydrogens is 316 g/mol. The molecule has 0 unspecified atom stereocenters. The maximum atomic E-state index is 12.5. The summed E-state index contributed by atoms with van der Waals surface area (Å²) in [4.78, 5) is 24.9. The number of hydrogen-bond acceptors (Lipinski definition) is 7. The van der Waals surface area contributed by atoms with E-state index in [2.05, 4.69) is 0 Å². The second-order valence-corrected chi connectivity index (χ2v) is 5.21. The van der Waals surface area contributed by atoms with Gasteiger partial charge in [0.1, 0.15) is 0 Å². The molecule has 2 rings (SSSR count). The van der Waals surface area contributed by atoms with E-state index in [1.165, 1.54) is 0 Å². The second-order valence-electron chi connectivity index (χ2n) is 5.21. The SMILES string of the molecule is CCOC(=O)C(O)(C(=O)OCC)[C@H](c1ccccc1)C1OCCO1. The van der Waals surface area contributed by atoms with Gasteiger partial charge in [-0.1, -0.05) is 30.3 Å². The van der Waals surface area contributed by atoms with Gasteiger partial charge in [-0.3, -0.25) is 0 Å². The first kappa shape index (κ1) is 18.4. The molecule has 0 radical (unpaired) electrons. The fourth-order valence-electron chi connectivity index (χ4n) is 2.64. The Balaban J connectivity index is 2.51. The third kappa shape index (κ3) is 3.58. The van der Waals surface area contributed by atoms with Crippen LogP contribution in [0.5, 0.6) is 0 Å². The Bertz CT molecular complexity index is 533. The van der Waals surface area contributed by atoms with E-state index in [4.69, 9.17) is 18.9 Å². The zero-order chi connectivity index (χ0) is 17.6.